The molecule has 0 saturated heterocycles. The zero-order valence-corrected chi connectivity index (χ0v) is 9.40. The Morgan fingerprint density at radius 3 is 2.71 bits per heavy atom. The van der Waals surface area contributed by atoms with E-state index in [2.05, 4.69) is 15.9 Å². The van der Waals surface area contributed by atoms with Crippen LogP contribution in [-0.2, 0) is 11.3 Å². The third-order valence-corrected chi connectivity index (χ3v) is 3.24. The van der Waals surface area contributed by atoms with E-state index in [0.717, 1.165) is 30.3 Å². The lowest BCUT2D eigenvalue weighted by Gasteiger charge is -2.17. The van der Waals surface area contributed by atoms with Crippen LogP contribution in [0.4, 0.5) is 0 Å². The van der Waals surface area contributed by atoms with Crippen molar-refractivity contribution in [1.82, 2.24) is 4.90 Å². The fourth-order valence-corrected chi connectivity index (χ4v) is 1.89. The van der Waals surface area contributed by atoms with Crippen LogP contribution < -0.4 is 0 Å². The van der Waals surface area contributed by atoms with Crippen molar-refractivity contribution in [2.45, 2.75) is 25.4 Å². The van der Waals surface area contributed by atoms with Crippen LogP contribution in [0.3, 0.4) is 0 Å². The highest BCUT2D eigenvalue weighted by Gasteiger charge is 2.28. The summed E-state index contributed by atoms with van der Waals surface area (Å²) in [6, 6.07) is 8.51. The highest BCUT2D eigenvalue weighted by molar-refractivity contribution is 9.10. The molecule has 3 heteroatoms. The van der Waals surface area contributed by atoms with Crippen LogP contribution in [-0.4, -0.2) is 17.4 Å². The van der Waals surface area contributed by atoms with Gasteiger partial charge < -0.3 is 4.90 Å². The number of halogens is 1. The molecule has 1 fully saturated rings. The van der Waals surface area contributed by atoms with Gasteiger partial charge in [-0.05, 0) is 24.5 Å². The van der Waals surface area contributed by atoms with Gasteiger partial charge in [0.25, 0.3) is 0 Å². The van der Waals surface area contributed by atoms with Gasteiger partial charge in [0.15, 0.2) is 0 Å². The second kappa shape index (κ2) is 4.13. The number of rotatable bonds is 4. The molecule has 1 saturated carbocycles. The molecule has 1 aromatic rings. The fraction of sp³-hybridized carbons (Fsp3) is 0.364. The minimum Gasteiger partial charge on any atom is -0.338 e. The van der Waals surface area contributed by atoms with E-state index >= 15 is 0 Å². The van der Waals surface area contributed by atoms with Crippen LogP contribution >= 0.6 is 15.9 Å². The lowest BCUT2D eigenvalue weighted by molar-refractivity contribution is -0.119. The molecule has 0 bridgehead atoms. The van der Waals surface area contributed by atoms with Crippen LogP contribution in [0, 0.1) is 0 Å². The minimum absolute atomic E-state index is 0.486. The van der Waals surface area contributed by atoms with Crippen LogP contribution in [0.1, 0.15) is 18.4 Å². The monoisotopic (exact) mass is 253 g/mol. The molecule has 2 rings (SSSR count). The molecule has 0 aliphatic heterocycles. The molecule has 0 unspecified atom stereocenters. The van der Waals surface area contributed by atoms with Gasteiger partial charge in [0.1, 0.15) is 0 Å². The number of hydrogen-bond donors (Lipinski definition) is 0. The molecule has 1 amide bonds. The lowest BCUT2D eigenvalue weighted by atomic mass is 10.2. The van der Waals surface area contributed by atoms with E-state index in [9.17, 15) is 4.79 Å². The highest BCUT2D eigenvalue weighted by Crippen LogP contribution is 2.28. The second-order valence-corrected chi connectivity index (χ2v) is 4.45. The van der Waals surface area contributed by atoms with Crippen molar-refractivity contribution in [2.75, 3.05) is 0 Å². The third kappa shape index (κ3) is 2.15. The zero-order chi connectivity index (χ0) is 9.97. The fourth-order valence-electron chi connectivity index (χ4n) is 1.48. The van der Waals surface area contributed by atoms with E-state index in [1.165, 1.54) is 5.56 Å². The van der Waals surface area contributed by atoms with E-state index in [-0.39, 0.29) is 0 Å². The van der Waals surface area contributed by atoms with Crippen molar-refractivity contribution < 1.29 is 4.79 Å². The Balaban J connectivity index is 2.08. The van der Waals surface area contributed by atoms with Crippen molar-refractivity contribution in [1.29, 1.82) is 0 Å². The van der Waals surface area contributed by atoms with Crippen molar-refractivity contribution in [2.24, 2.45) is 0 Å². The molecule has 0 radical (unpaired) electrons. The molecule has 0 spiro atoms. The summed E-state index contributed by atoms with van der Waals surface area (Å²) in [6.07, 6.45) is 3.27. The number of nitrogens with zero attached hydrogens (tertiary/aromatic N) is 1. The molecule has 0 atom stereocenters. The summed E-state index contributed by atoms with van der Waals surface area (Å²) >= 11 is 3.48. The quantitative estimate of drug-likeness (QED) is 0.756. The van der Waals surface area contributed by atoms with Gasteiger partial charge in [-0.2, -0.15) is 0 Å². The standard InChI is InChI=1S/C11H12BrNO/c12-11-4-2-1-3-9(11)7-13(8-14)10-5-6-10/h1-4,8,10H,5-7H2. The summed E-state index contributed by atoms with van der Waals surface area (Å²) in [5.41, 5.74) is 1.17. The number of carbonyl (C=O) groups is 1. The lowest BCUT2D eigenvalue weighted by Crippen LogP contribution is -2.23. The van der Waals surface area contributed by atoms with Gasteiger partial charge in [-0.25, -0.2) is 0 Å². The van der Waals surface area contributed by atoms with Crippen molar-refractivity contribution in [3.63, 3.8) is 0 Å². The Labute approximate surface area is 92.0 Å². The predicted octanol–water partition coefficient (Wildman–Crippen LogP) is 2.57. The summed E-state index contributed by atoms with van der Waals surface area (Å²) in [5.74, 6) is 0. The summed E-state index contributed by atoms with van der Waals surface area (Å²) in [6.45, 7) is 0.718. The maximum atomic E-state index is 10.8. The average molecular weight is 254 g/mol. The largest absolute Gasteiger partial charge is 0.338 e. The minimum atomic E-state index is 0.486. The van der Waals surface area contributed by atoms with Crippen molar-refractivity contribution >= 4 is 22.3 Å². The predicted molar refractivity (Wildman–Crippen MR) is 58.8 cm³/mol. The van der Waals surface area contributed by atoms with Gasteiger partial charge in [0.05, 0.1) is 0 Å². The first-order valence-corrected chi connectivity index (χ1v) is 5.55. The molecule has 2 nitrogen and oxygen atoms in total. The maximum Gasteiger partial charge on any atom is 0.210 e. The van der Waals surface area contributed by atoms with Crippen LogP contribution in [0.25, 0.3) is 0 Å². The van der Waals surface area contributed by atoms with Crippen LogP contribution in [0.2, 0.25) is 0 Å². The first kappa shape index (κ1) is 9.71. The molecule has 1 aliphatic rings. The summed E-state index contributed by atoms with van der Waals surface area (Å²) < 4.78 is 1.08. The Morgan fingerprint density at radius 2 is 2.14 bits per heavy atom. The van der Waals surface area contributed by atoms with E-state index in [4.69, 9.17) is 0 Å². The van der Waals surface area contributed by atoms with E-state index < -0.39 is 0 Å². The van der Waals surface area contributed by atoms with Crippen molar-refractivity contribution in [3.05, 3.63) is 34.3 Å². The normalized spacial score (nSPS) is 15.2. The topological polar surface area (TPSA) is 20.3 Å². The van der Waals surface area contributed by atoms with E-state index in [1.807, 2.05) is 29.2 Å². The number of carbonyl (C=O) groups excluding carboxylic acids is 1. The van der Waals surface area contributed by atoms with E-state index in [0.29, 0.717) is 6.04 Å². The molecule has 14 heavy (non-hydrogen) atoms. The number of benzene rings is 1. The van der Waals surface area contributed by atoms with Crippen LogP contribution in [0.5, 0.6) is 0 Å². The molecule has 0 aromatic heterocycles. The molecule has 74 valence electrons. The molecule has 0 heterocycles. The Morgan fingerprint density at radius 1 is 1.43 bits per heavy atom. The Hall–Kier alpha value is -0.830. The smallest absolute Gasteiger partial charge is 0.210 e. The Kier molecular flexibility index (Phi) is 2.87. The summed E-state index contributed by atoms with van der Waals surface area (Å²) in [7, 11) is 0. The second-order valence-electron chi connectivity index (χ2n) is 3.60. The third-order valence-electron chi connectivity index (χ3n) is 2.46. The van der Waals surface area contributed by atoms with Crippen molar-refractivity contribution in [3.8, 4) is 0 Å². The number of amides is 1. The first-order chi connectivity index (χ1) is 6.81. The molecule has 0 N–H and O–H groups in total. The van der Waals surface area contributed by atoms with Gasteiger partial charge in [0, 0.05) is 17.1 Å². The molecular formula is C11H12BrNO. The number of hydrogen-bond acceptors (Lipinski definition) is 1. The SMILES string of the molecule is O=CN(Cc1ccccc1Br)C1CC1. The zero-order valence-electron chi connectivity index (χ0n) is 7.82. The van der Waals surface area contributed by atoms with E-state index in [1.54, 1.807) is 0 Å². The van der Waals surface area contributed by atoms with Gasteiger partial charge in [-0.3, -0.25) is 4.79 Å². The average Bonchev–Trinajstić information content (AvgIpc) is 3.00. The van der Waals surface area contributed by atoms with Gasteiger partial charge >= 0.3 is 0 Å². The molecular weight excluding hydrogens is 242 g/mol. The summed E-state index contributed by atoms with van der Waals surface area (Å²) in [4.78, 5) is 12.7. The first-order valence-electron chi connectivity index (χ1n) is 4.75. The Bertz CT molecular complexity index is 336. The molecule has 1 aromatic carbocycles. The van der Waals surface area contributed by atoms with Gasteiger partial charge in [-0.15, -0.1) is 0 Å². The summed E-state index contributed by atoms with van der Waals surface area (Å²) in [5, 5.41) is 0. The van der Waals surface area contributed by atoms with Crippen LogP contribution in [0.15, 0.2) is 28.7 Å². The highest BCUT2D eigenvalue weighted by atomic mass is 79.9. The molecule has 1 aliphatic carbocycles. The maximum absolute atomic E-state index is 10.8. The van der Waals surface area contributed by atoms with Gasteiger partial charge in [0.2, 0.25) is 6.41 Å². The van der Waals surface area contributed by atoms with Gasteiger partial charge in [-0.1, -0.05) is 34.1 Å².